The normalized spacial score (nSPS) is 19.2. The highest BCUT2D eigenvalue weighted by Crippen LogP contribution is 2.18. The second kappa shape index (κ2) is 7.38. The first-order valence-corrected chi connectivity index (χ1v) is 6.18. The Morgan fingerprint density at radius 1 is 1.39 bits per heavy atom. The Hall–Kier alpha value is -1.08. The van der Waals surface area contributed by atoms with Crippen LogP contribution < -0.4 is 5.32 Å². The number of nitrogens with zero attached hydrogens (tertiary/aromatic N) is 2. The predicted molar refractivity (Wildman–Crippen MR) is 75.7 cm³/mol. The molecular formula is C14H20ClN3. The molecule has 18 heavy (non-hydrogen) atoms. The molecule has 0 spiro atoms. The van der Waals surface area contributed by atoms with Gasteiger partial charge in [0.15, 0.2) is 0 Å². The third-order valence-electron chi connectivity index (χ3n) is 3.35. The first kappa shape index (κ1) is 15.0. The number of nitriles is 1. The van der Waals surface area contributed by atoms with Gasteiger partial charge in [0.25, 0.3) is 0 Å². The Morgan fingerprint density at radius 3 is 2.72 bits per heavy atom. The summed E-state index contributed by atoms with van der Waals surface area (Å²) >= 11 is 0. The van der Waals surface area contributed by atoms with Crippen molar-refractivity contribution >= 4 is 12.4 Å². The fraction of sp³-hybridized carbons (Fsp3) is 0.500. The lowest BCUT2D eigenvalue weighted by Crippen LogP contribution is -2.24. The van der Waals surface area contributed by atoms with Crippen LogP contribution in [0.3, 0.4) is 0 Å². The van der Waals surface area contributed by atoms with E-state index in [-0.39, 0.29) is 12.4 Å². The van der Waals surface area contributed by atoms with Gasteiger partial charge in [-0.3, -0.25) is 4.90 Å². The number of benzene rings is 1. The molecule has 1 heterocycles. The van der Waals surface area contributed by atoms with Crippen molar-refractivity contribution in [3.8, 4) is 6.07 Å². The van der Waals surface area contributed by atoms with Crippen molar-refractivity contribution < 1.29 is 0 Å². The second-order valence-electron chi connectivity index (χ2n) is 4.76. The average molecular weight is 266 g/mol. The predicted octanol–water partition coefficient (Wildman–Crippen LogP) is 2.02. The fourth-order valence-electron chi connectivity index (χ4n) is 2.45. The third-order valence-corrected chi connectivity index (χ3v) is 3.35. The van der Waals surface area contributed by atoms with Crippen LogP contribution in [0.2, 0.25) is 0 Å². The monoisotopic (exact) mass is 265 g/mol. The van der Waals surface area contributed by atoms with Crippen LogP contribution in [-0.2, 0) is 6.54 Å². The van der Waals surface area contributed by atoms with Gasteiger partial charge in [-0.1, -0.05) is 12.1 Å². The molecule has 1 unspecified atom stereocenters. The Kier molecular flexibility index (Phi) is 6.14. The summed E-state index contributed by atoms with van der Waals surface area (Å²) < 4.78 is 0. The lowest BCUT2D eigenvalue weighted by molar-refractivity contribution is 0.315. The zero-order chi connectivity index (χ0) is 12.1. The van der Waals surface area contributed by atoms with E-state index in [1.165, 1.54) is 25.1 Å². The summed E-state index contributed by atoms with van der Waals surface area (Å²) in [4.78, 5) is 2.49. The Balaban J connectivity index is 0.00000162. The van der Waals surface area contributed by atoms with E-state index >= 15 is 0 Å². The number of nitrogens with one attached hydrogen (secondary N) is 1. The maximum Gasteiger partial charge on any atom is 0.0991 e. The van der Waals surface area contributed by atoms with Gasteiger partial charge in [0.1, 0.15) is 0 Å². The van der Waals surface area contributed by atoms with Crippen molar-refractivity contribution in [1.82, 2.24) is 10.2 Å². The van der Waals surface area contributed by atoms with E-state index in [9.17, 15) is 0 Å². The van der Waals surface area contributed by atoms with Gasteiger partial charge in [-0.25, -0.2) is 0 Å². The van der Waals surface area contributed by atoms with Crippen LogP contribution in [0.5, 0.6) is 0 Å². The van der Waals surface area contributed by atoms with Gasteiger partial charge < -0.3 is 5.32 Å². The zero-order valence-electron chi connectivity index (χ0n) is 10.7. The minimum atomic E-state index is 0. The van der Waals surface area contributed by atoms with Crippen LogP contribution in [0, 0.1) is 17.2 Å². The van der Waals surface area contributed by atoms with Crippen molar-refractivity contribution in [2.75, 3.05) is 26.7 Å². The lowest BCUT2D eigenvalue weighted by atomic mass is 10.1. The molecule has 1 aromatic carbocycles. The summed E-state index contributed by atoms with van der Waals surface area (Å²) in [5, 5.41) is 12.0. The topological polar surface area (TPSA) is 39.1 Å². The van der Waals surface area contributed by atoms with E-state index < -0.39 is 0 Å². The third kappa shape index (κ3) is 3.99. The molecular weight excluding hydrogens is 246 g/mol. The number of halogens is 1. The van der Waals surface area contributed by atoms with E-state index in [1.807, 2.05) is 19.2 Å². The molecule has 1 N–H and O–H groups in total. The average Bonchev–Trinajstić information content (AvgIpc) is 2.78. The highest BCUT2D eigenvalue weighted by molar-refractivity contribution is 5.85. The van der Waals surface area contributed by atoms with Gasteiger partial charge in [0, 0.05) is 13.1 Å². The van der Waals surface area contributed by atoms with E-state index in [2.05, 4.69) is 28.4 Å². The van der Waals surface area contributed by atoms with Gasteiger partial charge in [-0.05, 0) is 50.2 Å². The molecule has 1 aliphatic heterocycles. The summed E-state index contributed by atoms with van der Waals surface area (Å²) in [6, 6.07) is 10.1. The minimum Gasteiger partial charge on any atom is -0.319 e. The molecule has 0 aliphatic carbocycles. The molecule has 1 atom stereocenters. The fourth-order valence-corrected chi connectivity index (χ4v) is 2.45. The first-order chi connectivity index (χ1) is 8.31. The summed E-state index contributed by atoms with van der Waals surface area (Å²) in [5.74, 6) is 0.790. The Bertz CT molecular complexity index is 396. The smallest absolute Gasteiger partial charge is 0.0991 e. The largest absolute Gasteiger partial charge is 0.319 e. The van der Waals surface area contributed by atoms with Crippen LogP contribution in [0.4, 0.5) is 0 Å². The molecule has 0 amide bonds. The maximum absolute atomic E-state index is 8.74. The molecule has 1 aromatic rings. The molecule has 1 saturated heterocycles. The van der Waals surface area contributed by atoms with Crippen molar-refractivity contribution in [2.45, 2.75) is 13.0 Å². The number of likely N-dealkylation sites (tertiary alicyclic amines) is 1. The van der Waals surface area contributed by atoms with Crippen LogP contribution in [0.15, 0.2) is 24.3 Å². The zero-order valence-corrected chi connectivity index (χ0v) is 11.5. The number of hydrogen-bond acceptors (Lipinski definition) is 3. The highest BCUT2D eigenvalue weighted by atomic mass is 35.5. The van der Waals surface area contributed by atoms with E-state index in [0.29, 0.717) is 0 Å². The summed E-state index contributed by atoms with van der Waals surface area (Å²) in [6.07, 6.45) is 1.29. The molecule has 3 nitrogen and oxygen atoms in total. The second-order valence-corrected chi connectivity index (χ2v) is 4.76. The Labute approximate surface area is 115 Å². The van der Waals surface area contributed by atoms with Crippen molar-refractivity contribution in [3.05, 3.63) is 35.4 Å². The molecule has 0 radical (unpaired) electrons. The Morgan fingerprint density at radius 2 is 2.11 bits per heavy atom. The van der Waals surface area contributed by atoms with E-state index in [4.69, 9.17) is 5.26 Å². The molecule has 1 aliphatic rings. The highest BCUT2D eigenvalue weighted by Gasteiger charge is 2.21. The molecule has 0 saturated carbocycles. The maximum atomic E-state index is 8.74. The summed E-state index contributed by atoms with van der Waals surface area (Å²) in [7, 11) is 2.02. The van der Waals surface area contributed by atoms with Crippen molar-refractivity contribution in [3.63, 3.8) is 0 Å². The molecule has 1 fully saturated rings. The lowest BCUT2D eigenvalue weighted by Gasteiger charge is -2.16. The van der Waals surface area contributed by atoms with Crippen LogP contribution in [0.1, 0.15) is 17.5 Å². The molecule has 0 bridgehead atoms. The standard InChI is InChI=1S/C14H19N3.ClH/c1-16-9-14-6-7-17(11-14)10-13-4-2-12(8-15)3-5-13;/h2-5,14,16H,6-7,9-11H2,1H3;1H. The molecule has 4 heteroatoms. The van der Waals surface area contributed by atoms with E-state index in [0.717, 1.165) is 24.6 Å². The van der Waals surface area contributed by atoms with Gasteiger partial charge in [-0.15, -0.1) is 12.4 Å². The van der Waals surface area contributed by atoms with E-state index in [1.54, 1.807) is 0 Å². The summed E-state index contributed by atoms with van der Waals surface area (Å²) in [6.45, 7) is 4.49. The molecule has 2 rings (SSSR count). The molecule has 98 valence electrons. The summed E-state index contributed by atoms with van der Waals surface area (Å²) in [5.41, 5.74) is 2.04. The van der Waals surface area contributed by atoms with Crippen molar-refractivity contribution in [1.29, 1.82) is 5.26 Å². The van der Waals surface area contributed by atoms with Gasteiger partial charge >= 0.3 is 0 Å². The van der Waals surface area contributed by atoms with Crippen LogP contribution in [-0.4, -0.2) is 31.6 Å². The molecule has 0 aromatic heterocycles. The van der Waals surface area contributed by atoms with Crippen LogP contribution in [0.25, 0.3) is 0 Å². The van der Waals surface area contributed by atoms with Crippen LogP contribution >= 0.6 is 12.4 Å². The SMILES string of the molecule is CNCC1CCN(Cc2ccc(C#N)cc2)C1.Cl. The number of rotatable bonds is 4. The van der Waals surface area contributed by atoms with Gasteiger partial charge in [0.05, 0.1) is 11.6 Å². The quantitative estimate of drug-likeness (QED) is 0.905. The first-order valence-electron chi connectivity index (χ1n) is 6.18. The number of hydrogen-bond donors (Lipinski definition) is 1. The van der Waals surface area contributed by atoms with Gasteiger partial charge in [-0.2, -0.15) is 5.26 Å². The van der Waals surface area contributed by atoms with Crippen molar-refractivity contribution in [2.24, 2.45) is 5.92 Å². The minimum absolute atomic E-state index is 0. The van der Waals surface area contributed by atoms with Gasteiger partial charge in [0.2, 0.25) is 0 Å².